The van der Waals surface area contributed by atoms with Crippen LogP contribution in [0.4, 0.5) is 22.7 Å². The zero-order valence-corrected chi connectivity index (χ0v) is 27.3. The van der Waals surface area contributed by atoms with Crippen molar-refractivity contribution in [2.75, 3.05) is 5.43 Å². The first-order valence-corrected chi connectivity index (χ1v) is 14.4. The monoisotopic (exact) mass is 697 g/mol. The minimum absolute atomic E-state index is 0. The van der Waals surface area contributed by atoms with Gasteiger partial charge in [-0.05, 0) is 56.3 Å². The second kappa shape index (κ2) is 15.9. The number of hydrogen-bond donors (Lipinski definition) is 5. The third-order valence-electron chi connectivity index (χ3n) is 6.86. The second-order valence-corrected chi connectivity index (χ2v) is 10.1. The number of aromatic carboxylic acids is 2. The molecule has 0 spiro atoms. The number of carboxylic acids is 2. The van der Waals surface area contributed by atoms with Crippen LogP contribution >= 0.6 is 0 Å². The third kappa shape index (κ3) is 8.11. The summed E-state index contributed by atoms with van der Waals surface area (Å²) in [5.41, 5.74) is 10.3. The van der Waals surface area contributed by atoms with Gasteiger partial charge in [-0.2, -0.15) is 19.6 Å². The van der Waals surface area contributed by atoms with Crippen molar-refractivity contribution in [2.45, 2.75) is 13.8 Å². The van der Waals surface area contributed by atoms with Crippen LogP contribution in [-0.2, 0) is 17.4 Å². The summed E-state index contributed by atoms with van der Waals surface area (Å²) in [6.45, 7) is 3.41. The molecule has 0 radical (unpaired) electrons. The third-order valence-corrected chi connectivity index (χ3v) is 6.86. The number of aromatic hydroxyl groups is 2. The molecule has 0 atom stereocenters. The summed E-state index contributed by atoms with van der Waals surface area (Å²) in [5.74, 6) is -2.42. The molecule has 248 valence electrons. The Morgan fingerprint density at radius 2 is 1.14 bits per heavy atom. The summed E-state index contributed by atoms with van der Waals surface area (Å²) >= 11 is 0. The fraction of sp³-hybridized carbons (Fsp3) is 0.0588. The first kappa shape index (κ1) is 35.4. The Kier molecular flexibility index (Phi) is 11.5. The van der Waals surface area contributed by atoms with E-state index in [4.69, 9.17) is 5.11 Å². The molecular formula is C34H29CrN8O6-. The van der Waals surface area contributed by atoms with Gasteiger partial charge >= 0.3 is 11.9 Å². The van der Waals surface area contributed by atoms with Gasteiger partial charge in [0, 0.05) is 22.9 Å². The van der Waals surface area contributed by atoms with Crippen LogP contribution in [0.5, 0.6) is 11.8 Å². The largest absolute Gasteiger partial charge is 0.597 e. The molecule has 0 bridgehead atoms. The van der Waals surface area contributed by atoms with Crippen molar-refractivity contribution in [2.24, 2.45) is 10.2 Å². The number of aromatic nitrogens is 4. The van der Waals surface area contributed by atoms with Gasteiger partial charge in [0.1, 0.15) is 11.4 Å². The van der Waals surface area contributed by atoms with Crippen molar-refractivity contribution in [3.8, 4) is 23.1 Å². The number of hydrogen-bond acceptors (Lipinski definition) is 9. The average molecular weight is 698 g/mol. The maximum Gasteiger partial charge on any atom is 0.337 e. The number of para-hydroxylation sites is 3. The fourth-order valence-electron chi connectivity index (χ4n) is 4.48. The van der Waals surface area contributed by atoms with E-state index in [9.17, 15) is 24.9 Å². The first-order valence-electron chi connectivity index (χ1n) is 14.4. The summed E-state index contributed by atoms with van der Waals surface area (Å²) in [6.07, 6.45) is 0. The number of anilines is 1. The Bertz CT molecular complexity index is 2100. The number of benzene rings is 4. The topological polar surface area (TPSA) is 202 Å². The molecule has 2 heterocycles. The van der Waals surface area contributed by atoms with Gasteiger partial charge in [-0.15, -0.1) is 15.9 Å². The Morgan fingerprint density at radius 3 is 1.73 bits per heavy atom. The minimum atomic E-state index is -1.09. The summed E-state index contributed by atoms with van der Waals surface area (Å²) in [6, 6.07) is 30.9. The zero-order valence-electron chi connectivity index (χ0n) is 26.0. The minimum Gasteiger partial charge on any atom is -0.597 e. The van der Waals surface area contributed by atoms with E-state index in [1.807, 2.05) is 48.5 Å². The number of rotatable bonds is 9. The fourth-order valence-corrected chi connectivity index (χ4v) is 4.48. The predicted molar refractivity (Wildman–Crippen MR) is 178 cm³/mol. The number of nitrogens with one attached hydrogen (secondary N) is 1. The van der Waals surface area contributed by atoms with Crippen molar-refractivity contribution in [1.82, 2.24) is 19.6 Å². The number of carboxylic acid groups (broad SMARTS) is 2. The maximum atomic E-state index is 11.2. The van der Waals surface area contributed by atoms with Gasteiger partial charge in [0.15, 0.2) is 5.69 Å². The van der Waals surface area contributed by atoms with Crippen molar-refractivity contribution < 1.29 is 47.4 Å². The van der Waals surface area contributed by atoms with Crippen LogP contribution in [0.2, 0.25) is 0 Å². The molecule has 2 aromatic heterocycles. The average Bonchev–Trinajstić information content (AvgIpc) is 3.55. The number of aryl methyl sites for hydroxylation is 2. The quantitative estimate of drug-likeness (QED) is 0.0744. The van der Waals surface area contributed by atoms with Crippen molar-refractivity contribution in [1.29, 1.82) is 0 Å². The van der Waals surface area contributed by atoms with Crippen molar-refractivity contribution >= 4 is 34.7 Å². The van der Waals surface area contributed by atoms with Gasteiger partial charge in [-0.25, -0.2) is 9.59 Å². The van der Waals surface area contributed by atoms with Crippen LogP contribution in [0.3, 0.4) is 0 Å². The van der Waals surface area contributed by atoms with E-state index in [0.717, 1.165) is 0 Å². The van der Waals surface area contributed by atoms with E-state index in [1.54, 1.807) is 62.4 Å². The molecule has 5 N–H and O–H groups in total. The molecule has 0 fully saturated rings. The molecule has 0 aliphatic heterocycles. The number of azo groups is 1. The van der Waals surface area contributed by atoms with Crippen LogP contribution in [0.1, 0.15) is 32.1 Å². The van der Waals surface area contributed by atoms with Gasteiger partial charge in [-0.3, -0.25) is 0 Å². The van der Waals surface area contributed by atoms with E-state index in [-0.39, 0.29) is 57.3 Å². The Hall–Kier alpha value is -6.43. The maximum absolute atomic E-state index is 11.2. The molecule has 4 aromatic carbocycles. The SMILES string of the molecule is Cc1nn(-c2ccccc2)c(O)c1N=Nc1ccccc1C(=O)O.Cc1nn(-c2ccccc2)c(O)c1N[N-]c1ccccc1C(=O)O.[Cr]. The Morgan fingerprint density at radius 1 is 0.653 bits per heavy atom. The van der Waals surface area contributed by atoms with Gasteiger partial charge in [0.2, 0.25) is 11.8 Å². The van der Waals surface area contributed by atoms with Crippen LogP contribution < -0.4 is 5.43 Å². The van der Waals surface area contributed by atoms with Crippen LogP contribution in [-0.4, -0.2) is 51.9 Å². The second-order valence-electron chi connectivity index (χ2n) is 10.1. The molecule has 6 aromatic rings. The first-order chi connectivity index (χ1) is 23.2. The molecule has 0 saturated heterocycles. The number of carbonyl (C=O) groups is 2. The molecule has 0 saturated carbocycles. The Labute approximate surface area is 290 Å². The van der Waals surface area contributed by atoms with Crippen molar-refractivity contribution in [3.63, 3.8) is 0 Å². The summed E-state index contributed by atoms with van der Waals surface area (Å²) < 4.78 is 2.74. The van der Waals surface area contributed by atoms with Gasteiger partial charge in [0.25, 0.3) is 0 Å². The van der Waals surface area contributed by atoms with Crippen molar-refractivity contribution in [3.05, 3.63) is 137 Å². The normalized spacial score (nSPS) is 10.5. The summed E-state index contributed by atoms with van der Waals surface area (Å²) in [7, 11) is 0. The summed E-state index contributed by atoms with van der Waals surface area (Å²) in [5, 5.41) is 55.5. The molecule has 0 aliphatic rings. The molecule has 49 heavy (non-hydrogen) atoms. The summed E-state index contributed by atoms with van der Waals surface area (Å²) in [4.78, 5) is 22.4. The predicted octanol–water partition coefficient (Wildman–Crippen LogP) is 7.61. The van der Waals surface area contributed by atoms with E-state index in [0.29, 0.717) is 28.5 Å². The zero-order chi connectivity index (χ0) is 34.2. The van der Waals surface area contributed by atoms with Crippen LogP contribution in [0.25, 0.3) is 16.8 Å². The molecular weight excluding hydrogens is 668 g/mol. The van der Waals surface area contributed by atoms with Crippen LogP contribution in [0.15, 0.2) is 119 Å². The molecule has 0 aliphatic carbocycles. The van der Waals surface area contributed by atoms with E-state index in [2.05, 4.69) is 31.3 Å². The molecule has 6 rings (SSSR count). The van der Waals surface area contributed by atoms with Crippen LogP contribution in [0, 0.1) is 13.8 Å². The molecule has 0 unspecified atom stereocenters. The van der Waals surface area contributed by atoms with E-state index in [1.165, 1.54) is 21.5 Å². The van der Waals surface area contributed by atoms with Gasteiger partial charge < -0.3 is 31.3 Å². The smallest absolute Gasteiger partial charge is 0.337 e. The van der Waals surface area contributed by atoms with Gasteiger partial charge in [0.05, 0.1) is 28.3 Å². The standard InChI is InChI=1S/C17H15N4O3.C17H14N4O3.Cr/c2*1-11-15(16(22)21(20-11)12-7-3-2-4-8-12)19-18-14-10-6-5-9-13(14)17(23)24;/h2-10,19H,1H3,(H,20,22)(H,23,24);2-10,22H,1H3,(H,23,24);/q-1;;. The molecule has 0 amide bonds. The molecule has 14 nitrogen and oxygen atoms in total. The van der Waals surface area contributed by atoms with Gasteiger partial charge in [-0.1, -0.05) is 66.7 Å². The Balaban J connectivity index is 0.000000216. The number of nitrogens with zero attached hydrogens (tertiary/aromatic N) is 7. The van der Waals surface area contributed by atoms with E-state index < -0.39 is 11.9 Å². The van der Waals surface area contributed by atoms with E-state index >= 15 is 0 Å². The molecule has 15 heteroatoms.